The van der Waals surface area contributed by atoms with Gasteiger partial charge in [-0.1, -0.05) is 24.8 Å². The van der Waals surface area contributed by atoms with E-state index in [1.54, 1.807) is 6.08 Å². The van der Waals surface area contributed by atoms with Crippen LogP contribution < -0.4 is 0 Å². The molecule has 0 bridgehead atoms. The SMILES string of the molecule is C=CC(=C)C.[SiH4]. The highest BCUT2D eigenvalue weighted by Gasteiger charge is 1.59. The van der Waals surface area contributed by atoms with Crippen LogP contribution in [0.1, 0.15) is 6.92 Å². The van der Waals surface area contributed by atoms with Crippen molar-refractivity contribution in [2.45, 2.75) is 6.92 Å². The molecule has 0 fully saturated rings. The van der Waals surface area contributed by atoms with Gasteiger partial charge in [-0.25, -0.2) is 0 Å². The molecule has 0 saturated heterocycles. The zero-order valence-corrected chi connectivity index (χ0v) is 3.49. The molecule has 0 heterocycles. The van der Waals surface area contributed by atoms with E-state index in [2.05, 4.69) is 13.2 Å². The van der Waals surface area contributed by atoms with E-state index in [9.17, 15) is 0 Å². The second-order valence-corrected chi connectivity index (χ2v) is 1.05. The van der Waals surface area contributed by atoms with Gasteiger partial charge in [0.1, 0.15) is 0 Å². The topological polar surface area (TPSA) is 0 Å². The molecule has 0 saturated carbocycles. The van der Waals surface area contributed by atoms with Crippen molar-refractivity contribution in [3.63, 3.8) is 0 Å². The second-order valence-electron chi connectivity index (χ2n) is 1.05. The third-order valence-electron chi connectivity index (χ3n) is 0.348. The van der Waals surface area contributed by atoms with Crippen LogP contribution in [0.4, 0.5) is 0 Å². The molecule has 0 radical (unpaired) electrons. The summed E-state index contributed by atoms with van der Waals surface area (Å²) in [4.78, 5) is 0. The molecule has 0 aliphatic heterocycles. The van der Waals surface area contributed by atoms with Crippen LogP contribution in [0.25, 0.3) is 0 Å². The molecule has 0 spiro atoms. The monoisotopic (exact) mass is 100 g/mol. The molecule has 0 aliphatic rings. The maximum Gasteiger partial charge on any atom is -0.0149 e. The van der Waals surface area contributed by atoms with Crippen molar-refractivity contribution in [3.05, 3.63) is 24.8 Å². The fraction of sp³-hybridized carbons (Fsp3) is 0.200. The van der Waals surface area contributed by atoms with Crippen LogP contribution in [0.3, 0.4) is 0 Å². The third-order valence-corrected chi connectivity index (χ3v) is 0.348. The minimum Gasteiger partial charge on any atom is -0.0988 e. The fourth-order valence-electron chi connectivity index (χ4n) is 0. The first kappa shape index (κ1) is 9.20. The van der Waals surface area contributed by atoms with Gasteiger partial charge >= 0.3 is 0 Å². The summed E-state index contributed by atoms with van der Waals surface area (Å²) in [5, 5.41) is 0. The summed E-state index contributed by atoms with van der Waals surface area (Å²) in [5.41, 5.74) is 1.02. The quantitative estimate of drug-likeness (QED) is 0.328. The molecule has 0 aromatic rings. The van der Waals surface area contributed by atoms with Crippen molar-refractivity contribution in [2.75, 3.05) is 0 Å². The highest BCUT2D eigenvalue weighted by molar-refractivity contribution is 5.75. The molecule has 6 heavy (non-hydrogen) atoms. The Bertz CT molecular complexity index is 55.0. The summed E-state index contributed by atoms with van der Waals surface area (Å²) in [5.74, 6) is 0. The van der Waals surface area contributed by atoms with Gasteiger partial charge in [-0.3, -0.25) is 0 Å². The Hall–Kier alpha value is -0.303. The molecule has 0 rings (SSSR count). The Morgan fingerprint density at radius 2 is 1.83 bits per heavy atom. The lowest BCUT2D eigenvalue weighted by molar-refractivity contribution is 1.58. The van der Waals surface area contributed by atoms with E-state index in [1.807, 2.05) is 6.92 Å². The van der Waals surface area contributed by atoms with E-state index in [1.165, 1.54) is 0 Å². The average molecular weight is 100 g/mol. The highest BCUT2D eigenvalue weighted by atomic mass is 28.1. The molecule has 36 valence electrons. The van der Waals surface area contributed by atoms with Crippen LogP contribution in [-0.2, 0) is 0 Å². The van der Waals surface area contributed by atoms with Crippen molar-refractivity contribution in [2.24, 2.45) is 0 Å². The fourth-order valence-corrected chi connectivity index (χ4v) is 0. The van der Waals surface area contributed by atoms with Gasteiger partial charge in [0, 0.05) is 0 Å². The van der Waals surface area contributed by atoms with Gasteiger partial charge in [-0.15, -0.1) is 0 Å². The van der Waals surface area contributed by atoms with Crippen molar-refractivity contribution < 1.29 is 0 Å². The van der Waals surface area contributed by atoms with Gasteiger partial charge in [0.05, 0.1) is 0 Å². The van der Waals surface area contributed by atoms with E-state index in [4.69, 9.17) is 0 Å². The highest BCUT2D eigenvalue weighted by Crippen LogP contribution is 1.81. The zero-order chi connectivity index (χ0) is 4.28. The molecule has 0 aliphatic carbocycles. The van der Waals surface area contributed by atoms with E-state index in [0.717, 1.165) is 5.57 Å². The molecule has 0 aromatic carbocycles. The standard InChI is InChI=1S/C5H8.H4Si/c1-4-5(2)3;/h4H,1-2H2,3H3;1H4. The summed E-state index contributed by atoms with van der Waals surface area (Å²) in [6.07, 6.45) is 1.72. The van der Waals surface area contributed by atoms with Crippen LogP contribution in [0.2, 0.25) is 0 Å². The van der Waals surface area contributed by atoms with Gasteiger partial charge in [-0.2, -0.15) is 0 Å². The summed E-state index contributed by atoms with van der Waals surface area (Å²) in [7, 11) is 0. The summed E-state index contributed by atoms with van der Waals surface area (Å²) >= 11 is 0. The zero-order valence-electron chi connectivity index (χ0n) is 3.49. The van der Waals surface area contributed by atoms with Gasteiger partial charge in [0.25, 0.3) is 0 Å². The van der Waals surface area contributed by atoms with Crippen LogP contribution >= 0.6 is 0 Å². The predicted octanol–water partition coefficient (Wildman–Crippen LogP) is 0.297. The number of rotatable bonds is 1. The van der Waals surface area contributed by atoms with Crippen molar-refractivity contribution in [1.29, 1.82) is 0 Å². The lowest BCUT2D eigenvalue weighted by Gasteiger charge is -1.71. The van der Waals surface area contributed by atoms with E-state index >= 15 is 0 Å². The van der Waals surface area contributed by atoms with Crippen molar-refractivity contribution >= 4 is 11.0 Å². The first-order valence-corrected chi connectivity index (χ1v) is 1.55. The minimum atomic E-state index is 0. The largest absolute Gasteiger partial charge is 0.0988 e. The lowest BCUT2D eigenvalue weighted by Crippen LogP contribution is -1.50. The molecule has 1 heteroatoms. The Labute approximate surface area is 43.6 Å². The maximum absolute atomic E-state index is 3.56. The molecule has 0 atom stereocenters. The molecular weight excluding hydrogens is 88.1 g/mol. The Morgan fingerprint density at radius 3 is 1.83 bits per heavy atom. The van der Waals surface area contributed by atoms with E-state index in [-0.39, 0.29) is 11.0 Å². The normalized spacial score (nSPS) is 5.50. The molecular formula is C5H12Si. The molecule has 0 nitrogen and oxygen atoms in total. The second kappa shape index (κ2) is 4.70. The van der Waals surface area contributed by atoms with Crippen molar-refractivity contribution in [3.8, 4) is 0 Å². The number of allylic oxidation sites excluding steroid dienone is 2. The molecule has 0 N–H and O–H groups in total. The smallest absolute Gasteiger partial charge is 0.0149 e. The molecule has 0 unspecified atom stereocenters. The van der Waals surface area contributed by atoms with Crippen LogP contribution in [0.15, 0.2) is 24.8 Å². The number of hydrogen-bond acceptors (Lipinski definition) is 0. The van der Waals surface area contributed by atoms with Gasteiger partial charge in [-0.05, 0) is 17.9 Å². The summed E-state index contributed by atoms with van der Waals surface area (Å²) in [6, 6.07) is 0. The Balaban J connectivity index is 0. The van der Waals surface area contributed by atoms with Crippen LogP contribution in [-0.4, -0.2) is 11.0 Å². The predicted molar refractivity (Wildman–Crippen MR) is 36.3 cm³/mol. The van der Waals surface area contributed by atoms with Crippen molar-refractivity contribution in [1.82, 2.24) is 0 Å². The first-order valence-electron chi connectivity index (χ1n) is 1.55. The molecule has 0 amide bonds. The van der Waals surface area contributed by atoms with Gasteiger partial charge < -0.3 is 0 Å². The number of hydrogen-bond donors (Lipinski definition) is 0. The summed E-state index contributed by atoms with van der Waals surface area (Å²) in [6.45, 7) is 8.93. The summed E-state index contributed by atoms with van der Waals surface area (Å²) < 4.78 is 0. The van der Waals surface area contributed by atoms with Crippen LogP contribution in [0, 0.1) is 0 Å². The van der Waals surface area contributed by atoms with E-state index in [0.29, 0.717) is 0 Å². The Kier molecular flexibility index (Phi) is 7.20. The van der Waals surface area contributed by atoms with Gasteiger partial charge in [0.15, 0.2) is 0 Å². The van der Waals surface area contributed by atoms with Crippen LogP contribution in [0.5, 0.6) is 0 Å². The Morgan fingerprint density at radius 1 is 1.67 bits per heavy atom. The van der Waals surface area contributed by atoms with Gasteiger partial charge in [0.2, 0.25) is 0 Å². The average Bonchev–Trinajstić information content (AvgIpc) is 1.38. The lowest BCUT2D eigenvalue weighted by atomic mass is 10.4. The van der Waals surface area contributed by atoms with E-state index < -0.39 is 0 Å². The minimum absolute atomic E-state index is 0. The maximum atomic E-state index is 3.56. The third kappa shape index (κ3) is 9.34. The molecule has 0 aromatic heterocycles. The first-order chi connectivity index (χ1) is 2.27.